The Morgan fingerprint density at radius 2 is 1.38 bits per heavy atom. The van der Waals surface area contributed by atoms with Gasteiger partial charge in [0, 0.05) is 0 Å². The first-order valence-electron chi connectivity index (χ1n) is 5.22. The molecule has 0 unspecified atom stereocenters. The van der Waals surface area contributed by atoms with Crippen LogP contribution in [0, 0.1) is 11.8 Å². The fraction of sp³-hybridized carbons (Fsp3) is 0.385. The molecule has 0 aliphatic heterocycles. The van der Waals surface area contributed by atoms with Gasteiger partial charge in [0.25, 0.3) is 0 Å². The van der Waals surface area contributed by atoms with Gasteiger partial charge < -0.3 is 0 Å². The Hall–Kier alpha value is -1.04. The third-order valence-electron chi connectivity index (χ3n) is 4.17. The third-order valence-corrected chi connectivity index (χ3v) is 4.17. The van der Waals surface area contributed by atoms with Gasteiger partial charge in [-0.25, -0.2) is 0 Å². The summed E-state index contributed by atoms with van der Waals surface area (Å²) in [7, 11) is 0. The molecule has 4 atom stereocenters. The predicted molar refractivity (Wildman–Crippen MR) is 52.7 cm³/mol. The first kappa shape index (κ1) is 6.42. The van der Waals surface area contributed by atoms with Gasteiger partial charge >= 0.3 is 0 Å². The highest BCUT2D eigenvalue weighted by molar-refractivity contribution is 5.51. The number of benzene rings is 1. The summed E-state index contributed by atoms with van der Waals surface area (Å²) in [5.41, 5.74) is 3.29. The summed E-state index contributed by atoms with van der Waals surface area (Å²) >= 11 is 0. The lowest BCUT2D eigenvalue weighted by molar-refractivity contribution is 0.444. The van der Waals surface area contributed by atoms with E-state index >= 15 is 0 Å². The Balaban J connectivity index is 1.93. The van der Waals surface area contributed by atoms with Crippen LogP contribution in [-0.4, -0.2) is 0 Å². The minimum atomic E-state index is 0.880. The lowest BCUT2D eigenvalue weighted by Crippen LogP contribution is -2.27. The highest BCUT2D eigenvalue weighted by Gasteiger charge is 2.52. The smallest absolute Gasteiger partial charge is 0.00214 e. The molecule has 0 spiro atoms. The van der Waals surface area contributed by atoms with Gasteiger partial charge in [-0.3, -0.25) is 0 Å². The number of hydrogen-bond acceptors (Lipinski definition) is 0. The van der Waals surface area contributed by atoms with E-state index in [9.17, 15) is 0 Å². The van der Waals surface area contributed by atoms with Gasteiger partial charge in [-0.2, -0.15) is 0 Å². The molecule has 1 aromatic rings. The van der Waals surface area contributed by atoms with E-state index in [1.54, 1.807) is 11.1 Å². The quantitative estimate of drug-likeness (QED) is 0.522. The number of allylic oxidation sites excluding steroid dienone is 2. The summed E-state index contributed by atoms with van der Waals surface area (Å²) in [4.78, 5) is 0. The molecule has 0 saturated heterocycles. The van der Waals surface area contributed by atoms with Crippen molar-refractivity contribution in [3.8, 4) is 0 Å². The topological polar surface area (TPSA) is 0 Å². The first-order valence-corrected chi connectivity index (χ1v) is 5.22. The van der Waals surface area contributed by atoms with E-state index < -0.39 is 0 Å². The van der Waals surface area contributed by atoms with Crippen molar-refractivity contribution < 1.29 is 0 Å². The van der Waals surface area contributed by atoms with Gasteiger partial charge in [-0.15, -0.1) is 0 Å². The summed E-state index contributed by atoms with van der Waals surface area (Å²) < 4.78 is 0. The van der Waals surface area contributed by atoms with Gasteiger partial charge in [0.05, 0.1) is 0 Å². The molecule has 0 amide bonds. The van der Waals surface area contributed by atoms with Crippen LogP contribution in [-0.2, 0) is 0 Å². The Bertz CT molecular complexity index is 365. The van der Waals surface area contributed by atoms with E-state index in [1.165, 1.54) is 6.42 Å². The van der Waals surface area contributed by atoms with Crippen LogP contribution < -0.4 is 0 Å². The minimum Gasteiger partial charge on any atom is -0.0845 e. The van der Waals surface area contributed by atoms with Crippen molar-refractivity contribution in [3.05, 3.63) is 47.5 Å². The van der Waals surface area contributed by atoms with Crippen LogP contribution in [0.25, 0.3) is 0 Å². The third kappa shape index (κ3) is 0.580. The second-order valence-corrected chi connectivity index (χ2v) is 4.63. The number of rotatable bonds is 0. The van der Waals surface area contributed by atoms with E-state index in [-0.39, 0.29) is 0 Å². The fourth-order valence-electron chi connectivity index (χ4n) is 3.69. The first-order chi connectivity index (χ1) is 6.45. The van der Waals surface area contributed by atoms with Crippen molar-refractivity contribution in [3.63, 3.8) is 0 Å². The molecule has 3 aliphatic carbocycles. The molecule has 64 valence electrons. The lowest BCUT2D eigenvalue weighted by Gasteiger charge is -2.40. The van der Waals surface area contributed by atoms with Crippen LogP contribution >= 0.6 is 0 Å². The van der Waals surface area contributed by atoms with Gasteiger partial charge in [-0.1, -0.05) is 36.4 Å². The molecule has 1 aromatic carbocycles. The SMILES string of the molecule is C1=C[C@H]2C[C@@H]1[C@H]1c3ccccc3[C@H]12. The van der Waals surface area contributed by atoms with Gasteiger partial charge in [0.2, 0.25) is 0 Å². The summed E-state index contributed by atoms with van der Waals surface area (Å²) in [6.07, 6.45) is 6.31. The molecule has 3 aliphatic rings. The van der Waals surface area contributed by atoms with E-state index in [2.05, 4.69) is 36.4 Å². The predicted octanol–water partition coefficient (Wildman–Crippen LogP) is 3.07. The zero-order valence-electron chi connectivity index (χ0n) is 7.48. The van der Waals surface area contributed by atoms with Crippen molar-refractivity contribution in [2.45, 2.75) is 18.3 Å². The second kappa shape index (κ2) is 1.89. The molecule has 4 rings (SSSR count). The van der Waals surface area contributed by atoms with E-state index in [0.717, 1.165) is 23.7 Å². The fourth-order valence-corrected chi connectivity index (χ4v) is 3.69. The zero-order chi connectivity index (χ0) is 8.41. The van der Waals surface area contributed by atoms with E-state index in [4.69, 9.17) is 0 Å². The van der Waals surface area contributed by atoms with Gasteiger partial charge in [0.15, 0.2) is 0 Å². The van der Waals surface area contributed by atoms with Gasteiger partial charge in [-0.05, 0) is 41.2 Å². The Morgan fingerprint density at radius 1 is 0.846 bits per heavy atom. The Labute approximate surface area is 78.3 Å². The van der Waals surface area contributed by atoms with Crippen molar-refractivity contribution in [1.29, 1.82) is 0 Å². The minimum absolute atomic E-state index is 0.880. The molecular weight excluding hydrogens is 156 g/mol. The lowest BCUT2D eigenvalue weighted by atomic mass is 9.63. The van der Waals surface area contributed by atoms with Crippen LogP contribution in [0.2, 0.25) is 0 Å². The van der Waals surface area contributed by atoms with Crippen molar-refractivity contribution in [2.24, 2.45) is 11.8 Å². The normalized spacial score (nSPS) is 42.8. The van der Waals surface area contributed by atoms with Crippen molar-refractivity contribution in [1.82, 2.24) is 0 Å². The molecule has 0 aromatic heterocycles. The number of fused-ring (bicyclic) bond motifs is 8. The Kier molecular flexibility index (Phi) is 0.935. The number of hydrogen-bond donors (Lipinski definition) is 0. The molecule has 0 radical (unpaired) electrons. The molecule has 2 bridgehead atoms. The average Bonchev–Trinajstić information content (AvgIpc) is 2.68. The maximum Gasteiger partial charge on any atom is -0.00214 e. The van der Waals surface area contributed by atoms with Crippen LogP contribution in [0.1, 0.15) is 29.4 Å². The molecule has 0 heteroatoms. The summed E-state index contributed by atoms with van der Waals surface area (Å²) in [6, 6.07) is 9.02. The summed E-state index contributed by atoms with van der Waals surface area (Å²) in [6.45, 7) is 0. The molecule has 0 heterocycles. The molecule has 0 nitrogen and oxygen atoms in total. The van der Waals surface area contributed by atoms with Crippen LogP contribution in [0.15, 0.2) is 36.4 Å². The molecule has 1 fully saturated rings. The Morgan fingerprint density at radius 3 is 1.92 bits per heavy atom. The van der Waals surface area contributed by atoms with Crippen LogP contribution in [0.4, 0.5) is 0 Å². The largest absolute Gasteiger partial charge is 0.0845 e. The maximum absolute atomic E-state index is 2.45. The maximum atomic E-state index is 2.45. The second-order valence-electron chi connectivity index (χ2n) is 4.63. The highest BCUT2D eigenvalue weighted by Crippen LogP contribution is 2.64. The van der Waals surface area contributed by atoms with E-state index in [0.29, 0.717) is 0 Å². The van der Waals surface area contributed by atoms with Crippen molar-refractivity contribution >= 4 is 0 Å². The molecular formula is C13H12. The monoisotopic (exact) mass is 168 g/mol. The standard InChI is InChI=1S/C13H12/c1-2-4-11-10(3-1)12-8-5-6-9(7-8)13(11)12/h1-6,8-9,12-13H,7H2/t8-,9+,12+,13-. The van der Waals surface area contributed by atoms with Crippen molar-refractivity contribution in [2.75, 3.05) is 0 Å². The van der Waals surface area contributed by atoms with Crippen LogP contribution in [0.5, 0.6) is 0 Å². The summed E-state index contributed by atoms with van der Waals surface area (Å²) in [5.74, 6) is 3.55. The average molecular weight is 168 g/mol. The highest BCUT2D eigenvalue weighted by atomic mass is 14.6. The zero-order valence-corrected chi connectivity index (χ0v) is 7.48. The molecule has 0 N–H and O–H groups in total. The molecule has 13 heavy (non-hydrogen) atoms. The molecule has 1 saturated carbocycles. The van der Waals surface area contributed by atoms with E-state index in [1.807, 2.05) is 0 Å². The van der Waals surface area contributed by atoms with Gasteiger partial charge in [0.1, 0.15) is 0 Å². The summed E-state index contributed by atoms with van der Waals surface area (Å²) in [5, 5.41) is 0. The van der Waals surface area contributed by atoms with Crippen LogP contribution in [0.3, 0.4) is 0 Å².